The summed E-state index contributed by atoms with van der Waals surface area (Å²) >= 11 is 0. The molecule has 0 bridgehead atoms. The molecule has 2 rings (SSSR count). The van der Waals surface area contributed by atoms with Gasteiger partial charge < -0.3 is 0 Å². The first kappa shape index (κ1) is 18.2. The van der Waals surface area contributed by atoms with E-state index >= 15 is 0 Å². The predicted octanol–water partition coefficient (Wildman–Crippen LogP) is 2.15. The highest BCUT2D eigenvalue weighted by Crippen LogP contribution is 2.31. The molecule has 0 aliphatic heterocycles. The fraction of sp³-hybridized carbons (Fsp3) is 0.0769. The fourth-order valence-corrected chi connectivity index (χ4v) is 3.35. The van der Waals surface area contributed by atoms with Gasteiger partial charge in [0.05, 0.1) is 15.4 Å². The number of sulfonamides is 2. The Kier molecular flexibility index (Phi) is 4.61. The molecule has 2 aromatic rings. The van der Waals surface area contributed by atoms with Crippen molar-refractivity contribution in [1.82, 2.24) is 0 Å². The van der Waals surface area contributed by atoms with Crippen molar-refractivity contribution in [2.75, 3.05) is 4.72 Å². The van der Waals surface area contributed by atoms with E-state index in [9.17, 15) is 30.0 Å². The van der Waals surface area contributed by atoms with Crippen LogP contribution in [-0.4, -0.2) is 16.8 Å². The van der Waals surface area contributed by atoms with E-state index in [2.05, 4.69) is 0 Å². The number of rotatable bonds is 4. The Bertz CT molecular complexity index is 953. The van der Waals surface area contributed by atoms with Crippen LogP contribution in [0.4, 0.5) is 18.9 Å². The highest BCUT2D eigenvalue weighted by atomic mass is 32.2. The van der Waals surface area contributed by atoms with E-state index in [4.69, 9.17) is 5.14 Å². The van der Waals surface area contributed by atoms with Gasteiger partial charge in [-0.3, -0.25) is 4.72 Å². The van der Waals surface area contributed by atoms with Gasteiger partial charge in [-0.2, -0.15) is 13.2 Å². The number of hydrogen-bond donors (Lipinski definition) is 2. The molecule has 0 unspecified atom stereocenters. The molecule has 0 aliphatic rings. The van der Waals surface area contributed by atoms with E-state index in [0.29, 0.717) is 6.07 Å². The van der Waals surface area contributed by atoms with E-state index in [1.165, 1.54) is 0 Å². The topological polar surface area (TPSA) is 106 Å². The number of benzene rings is 2. The molecule has 0 saturated carbocycles. The molecule has 6 nitrogen and oxygen atoms in total. The monoisotopic (exact) mass is 380 g/mol. The molecule has 0 amide bonds. The second kappa shape index (κ2) is 6.07. The van der Waals surface area contributed by atoms with E-state index in [-0.39, 0.29) is 15.5 Å². The number of anilines is 1. The number of nitrogens with two attached hydrogens (primary N) is 1. The zero-order chi connectivity index (χ0) is 18.2. The van der Waals surface area contributed by atoms with Gasteiger partial charge in [0, 0.05) is 5.69 Å². The molecule has 130 valence electrons. The minimum Gasteiger partial charge on any atom is -0.280 e. The summed E-state index contributed by atoms with van der Waals surface area (Å²) in [6.45, 7) is 0. The standard InChI is InChI=1S/C13H11F3N2O4S2/c14-13(15,16)9-2-1-3-10(8-9)18-24(21,22)12-6-4-11(5-7-12)23(17,19)20/h1-8,18H,(H2,17,19,20). The first-order valence-electron chi connectivity index (χ1n) is 6.22. The molecule has 24 heavy (non-hydrogen) atoms. The zero-order valence-corrected chi connectivity index (χ0v) is 13.4. The van der Waals surface area contributed by atoms with E-state index in [1.807, 2.05) is 4.72 Å². The van der Waals surface area contributed by atoms with Gasteiger partial charge in [-0.15, -0.1) is 0 Å². The molecule has 2 aromatic carbocycles. The van der Waals surface area contributed by atoms with Crippen molar-refractivity contribution in [3.8, 4) is 0 Å². The molecule has 0 spiro atoms. The van der Waals surface area contributed by atoms with Crippen molar-refractivity contribution in [2.45, 2.75) is 16.0 Å². The Hall–Kier alpha value is -2.11. The van der Waals surface area contributed by atoms with Crippen molar-refractivity contribution in [3.05, 3.63) is 54.1 Å². The van der Waals surface area contributed by atoms with Crippen LogP contribution in [0, 0.1) is 0 Å². The number of hydrogen-bond acceptors (Lipinski definition) is 4. The normalized spacial score (nSPS) is 12.8. The lowest BCUT2D eigenvalue weighted by Crippen LogP contribution is -2.15. The second-order valence-corrected chi connectivity index (χ2v) is 7.94. The summed E-state index contributed by atoms with van der Waals surface area (Å²) in [5.74, 6) is 0. The fourth-order valence-electron chi connectivity index (χ4n) is 1.78. The maximum Gasteiger partial charge on any atom is 0.416 e. The average Bonchev–Trinajstić information content (AvgIpc) is 2.45. The molecule has 0 saturated heterocycles. The third-order valence-corrected chi connectivity index (χ3v) is 5.23. The summed E-state index contributed by atoms with van der Waals surface area (Å²) < 4.78 is 86.4. The Morgan fingerprint density at radius 2 is 1.42 bits per heavy atom. The van der Waals surface area contributed by atoms with Gasteiger partial charge in [0.2, 0.25) is 10.0 Å². The summed E-state index contributed by atoms with van der Waals surface area (Å²) in [6, 6.07) is 7.60. The Balaban J connectivity index is 2.32. The van der Waals surface area contributed by atoms with Gasteiger partial charge in [-0.25, -0.2) is 22.0 Å². The molecule has 0 heterocycles. The van der Waals surface area contributed by atoms with Gasteiger partial charge in [-0.05, 0) is 42.5 Å². The molecule has 0 fully saturated rings. The molecule has 3 N–H and O–H groups in total. The van der Waals surface area contributed by atoms with Crippen molar-refractivity contribution >= 4 is 25.7 Å². The lowest BCUT2D eigenvalue weighted by Gasteiger charge is -2.11. The lowest BCUT2D eigenvalue weighted by molar-refractivity contribution is -0.137. The minimum atomic E-state index is -4.61. The zero-order valence-electron chi connectivity index (χ0n) is 11.8. The maximum absolute atomic E-state index is 12.6. The van der Waals surface area contributed by atoms with Gasteiger partial charge in [0.1, 0.15) is 0 Å². The van der Waals surface area contributed by atoms with E-state index < -0.39 is 31.8 Å². The SMILES string of the molecule is NS(=O)(=O)c1ccc(S(=O)(=O)Nc2cccc(C(F)(F)F)c2)cc1. The second-order valence-electron chi connectivity index (χ2n) is 4.70. The van der Waals surface area contributed by atoms with E-state index in [0.717, 1.165) is 42.5 Å². The summed E-state index contributed by atoms with van der Waals surface area (Å²) in [5, 5.41) is 4.90. The predicted molar refractivity (Wildman–Crippen MR) is 80.1 cm³/mol. The van der Waals surface area contributed by atoms with Crippen LogP contribution >= 0.6 is 0 Å². The first-order valence-corrected chi connectivity index (χ1v) is 9.25. The highest BCUT2D eigenvalue weighted by molar-refractivity contribution is 7.92. The molecular weight excluding hydrogens is 369 g/mol. The molecule has 0 atom stereocenters. The number of primary sulfonamides is 1. The largest absolute Gasteiger partial charge is 0.416 e. The van der Waals surface area contributed by atoms with Crippen molar-refractivity contribution in [1.29, 1.82) is 0 Å². The summed E-state index contributed by atoms with van der Waals surface area (Å²) in [4.78, 5) is -0.618. The van der Waals surface area contributed by atoms with Crippen molar-refractivity contribution in [2.24, 2.45) is 5.14 Å². The van der Waals surface area contributed by atoms with Gasteiger partial charge in [0.25, 0.3) is 10.0 Å². The molecule has 0 aliphatic carbocycles. The Morgan fingerprint density at radius 1 is 0.875 bits per heavy atom. The quantitative estimate of drug-likeness (QED) is 0.848. The van der Waals surface area contributed by atoms with Crippen LogP contribution in [0.1, 0.15) is 5.56 Å². The lowest BCUT2D eigenvalue weighted by atomic mass is 10.2. The number of nitrogens with one attached hydrogen (secondary N) is 1. The van der Waals surface area contributed by atoms with Gasteiger partial charge in [0.15, 0.2) is 0 Å². The number of halogens is 3. The Morgan fingerprint density at radius 3 is 1.92 bits per heavy atom. The first-order chi connectivity index (χ1) is 10.9. The highest BCUT2D eigenvalue weighted by Gasteiger charge is 2.30. The third-order valence-electron chi connectivity index (χ3n) is 2.90. The smallest absolute Gasteiger partial charge is 0.280 e. The molecule has 0 radical (unpaired) electrons. The summed E-state index contributed by atoms with van der Waals surface area (Å²) in [6.07, 6.45) is -4.61. The molecule has 11 heteroatoms. The average molecular weight is 380 g/mol. The minimum absolute atomic E-state index is 0.277. The maximum atomic E-state index is 12.6. The van der Waals surface area contributed by atoms with Crippen LogP contribution in [0.5, 0.6) is 0 Å². The van der Waals surface area contributed by atoms with Crippen LogP contribution in [0.3, 0.4) is 0 Å². The van der Waals surface area contributed by atoms with Crippen LogP contribution < -0.4 is 9.86 Å². The third kappa shape index (κ3) is 4.24. The summed E-state index contributed by atoms with van der Waals surface area (Å²) in [5.41, 5.74) is -1.28. The number of alkyl halides is 3. The van der Waals surface area contributed by atoms with Crippen LogP contribution in [0.15, 0.2) is 58.3 Å². The van der Waals surface area contributed by atoms with E-state index in [1.54, 1.807) is 0 Å². The van der Waals surface area contributed by atoms with Crippen molar-refractivity contribution in [3.63, 3.8) is 0 Å². The van der Waals surface area contributed by atoms with Crippen LogP contribution in [0.25, 0.3) is 0 Å². The van der Waals surface area contributed by atoms with Crippen LogP contribution in [0.2, 0.25) is 0 Å². The van der Waals surface area contributed by atoms with Gasteiger partial charge >= 0.3 is 6.18 Å². The summed E-state index contributed by atoms with van der Waals surface area (Å²) in [7, 11) is -8.18. The van der Waals surface area contributed by atoms with Crippen LogP contribution in [-0.2, 0) is 26.2 Å². The van der Waals surface area contributed by atoms with Gasteiger partial charge in [-0.1, -0.05) is 6.07 Å². The molecule has 0 aromatic heterocycles. The molecular formula is C13H11F3N2O4S2. The van der Waals surface area contributed by atoms with Crippen molar-refractivity contribution < 1.29 is 30.0 Å². The Labute approximate surface area is 136 Å².